The monoisotopic (exact) mass is 346 g/mol. The summed E-state index contributed by atoms with van der Waals surface area (Å²) < 4.78 is 13.9. The normalized spacial score (nSPS) is 9.95. The second-order valence-corrected chi connectivity index (χ2v) is 5.18. The second kappa shape index (κ2) is 7.00. The van der Waals surface area contributed by atoms with E-state index < -0.39 is 5.82 Å². The minimum Gasteiger partial charge on any atom is -0.307 e. The Labute approximate surface area is 130 Å². The molecule has 2 rings (SSSR count). The van der Waals surface area contributed by atoms with Crippen LogP contribution in [0.1, 0.15) is 16.8 Å². The summed E-state index contributed by atoms with van der Waals surface area (Å²) in [6.45, 7) is 0.252. The topological polar surface area (TPSA) is 44.1 Å². The maximum Gasteiger partial charge on any atom is 0.259 e. The van der Waals surface area contributed by atoms with E-state index in [9.17, 15) is 9.18 Å². The highest BCUT2D eigenvalue weighted by Gasteiger charge is 2.20. The van der Waals surface area contributed by atoms with E-state index >= 15 is 0 Å². The number of nitriles is 1. The molecule has 0 fully saturated rings. The smallest absolute Gasteiger partial charge is 0.259 e. The Kier molecular flexibility index (Phi) is 5.07. The first-order valence-electron chi connectivity index (χ1n) is 6.32. The fourth-order valence-corrected chi connectivity index (χ4v) is 2.34. The zero-order valence-electron chi connectivity index (χ0n) is 11.1. The Balaban J connectivity index is 2.39. The quantitative estimate of drug-likeness (QED) is 0.834. The van der Waals surface area contributed by atoms with Crippen LogP contribution in [0.25, 0.3) is 0 Å². The molecule has 0 unspecified atom stereocenters. The molecule has 21 heavy (non-hydrogen) atoms. The number of para-hydroxylation sites is 1. The van der Waals surface area contributed by atoms with Gasteiger partial charge in [-0.1, -0.05) is 18.2 Å². The molecule has 0 radical (unpaired) electrons. The molecule has 0 bridgehead atoms. The van der Waals surface area contributed by atoms with Gasteiger partial charge in [0, 0.05) is 16.7 Å². The van der Waals surface area contributed by atoms with E-state index in [1.165, 1.54) is 23.1 Å². The lowest BCUT2D eigenvalue weighted by molar-refractivity contribution is 0.0986. The summed E-state index contributed by atoms with van der Waals surface area (Å²) in [4.78, 5) is 14.1. The van der Waals surface area contributed by atoms with E-state index in [0.29, 0.717) is 10.2 Å². The number of rotatable bonds is 4. The zero-order valence-corrected chi connectivity index (χ0v) is 12.7. The first-order chi connectivity index (χ1) is 10.1. The summed E-state index contributed by atoms with van der Waals surface area (Å²) >= 11 is 3.26. The number of hydrogen-bond donors (Lipinski definition) is 0. The van der Waals surface area contributed by atoms with Gasteiger partial charge in [0.15, 0.2) is 0 Å². The fraction of sp³-hybridized carbons (Fsp3) is 0.125. The molecule has 0 heterocycles. The highest BCUT2D eigenvalue weighted by Crippen LogP contribution is 2.23. The van der Waals surface area contributed by atoms with Crippen molar-refractivity contribution in [2.24, 2.45) is 0 Å². The lowest BCUT2D eigenvalue weighted by atomic mass is 10.1. The van der Waals surface area contributed by atoms with Crippen molar-refractivity contribution in [3.63, 3.8) is 0 Å². The predicted molar refractivity (Wildman–Crippen MR) is 82.4 cm³/mol. The van der Waals surface area contributed by atoms with Crippen LogP contribution in [0.4, 0.5) is 10.1 Å². The van der Waals surface area contributed by atoms with Crippen molar-refractivity contribution in [2.75, 3.05) is 11.4 Å². The van der Waals surface area contributed by atoms with Crippen molar-refractivity contribution in [1.82, 2.24) is 0 Å². The third-order valence-electron chi connectivity index (χ3n) is 2.92. The number of halogens is 2. The minimum absolute atomic E-state index is 0.202. The van der Waals surface area contributed by atoms with Crippen molar-refractivity contribution < 1.29 is 9.18 Å². The molecular weight excluding hydrogens is 335 g/mol. The first kappa shape index (κ1) is 15.2. The maximum absolute atomic E-state index is 13.4. The summed E-state index contributed by atoms with van der Waals surface area (Å²) in [6.07, 6.45) is 0.202. The average molecular weight is 347 g/mol. The van der Waals surface area contributed by atoms with Gasteiger partial charge in [-0.25, -0.2) is 4.39 Å². The van der Waals surface area contributed by atoms with Gasteiger partial charge in [0.05, 0.1) is 18.1 Å². The SMILES string of the molecule is N#CCCN(C(=O)c1cc(F)ccc1Br)c1ccccc1. The highest BCUT2D eigenvalue weighted by molar-refractivity contribution is 9.10. The van der Waals surface area contributed by atoms with Crippen molar-refractivity contribution in [1.29, 1.82) is 5.26 Å². The molecule has 0 atom stereocenters. The lowest BCUT2D eigenvalue weighted by Gasteiger charge is -2.22. The molecule has 5 heteroatoms. The van der Waals surface area contributed by atoms with Crippen molar-refractivity contribution >= 4 is 27.5 Å². The largest absolute Gasteiger partial charge is 0.307 e. The average Bonchev–Trinajstić information content (AvgIpc) is 2.51. The van der Waals surface area contributed by atoms with Crippen LogP contribution >= 0.6 is 15.9 Å². The molecule has 0 aliphatic heterocycles. The first-order valence-corrected chi connectivity index (χ1v) is 7.11. The molecule has 0 saturated heterocycles. The summed E-state index contributed by atoms with van der Waals surface area (Å²) in [7, 11) is 0. The number of anilines is 1. The fourth-order valence-electron chi connectivity index (χ4n) is 1.92. The van der Waals surface area contributed by atoms with Crippen LogP contribution in [0.5, 0.6) is 0 Å². The summed E-state index contributed by atoms with van der Waals surface area (Å²) in [6, 6.07) is 15.0. The molecule has 0 aromatic heterocycles. The zero-order chi connectivity index (χ0) is 15.2. The second-order valence-electron chi connectivity index (χ2n) is 4.32. The van der Waals surface area contributed by atoms with Gasteiger partial charge in [-0.3, -0.25) is 4.79 Å². The van der Waals surface area contributed by atoms with Crippen LogP contribution in [0.15, 0.2) is 53.0 Å². The van der Waals surface area contributed by atoms with Gasteiger partial charge in [-0.2, -0.15) is 5.26 Å². The standard InChI is InChI=1S/C16H12BrFN2O/c17-15-8-7-12(18)11-14(15)16(21)20(10-4-9-19)13-5-2-1-3-6-13/h1-3,5-8,11H,4,10H2. The van der Waals surface area contributed by atoms with Crippen LogP contribution in [0.2, 0.25) is 0 Å². The number of hydrogen-bond acceptors (Lipinski definition) is 2. The number of benzene rings is 2. The lowest BCUT2D eigenvalue weighted by Crippen LogP contribution is -2.32. The molecule has 0 aliphatic rings. The van der Waals surface area contributed by atoms with Gasteiger partial charge >= 0.3 is 0 Å². The predicted octanol–water partition coefficient (Wildman–Crippen LogP) is 4.15. The molecule has 2 aromatic carbocycles. The molecule has 0 aliphatic carbocycles. The molecule has 106 valence electrons. The van der Waals surface area contributed by atoms with E-state index in [1.807, 2.05) is 24.3 Å². The van der Waals surface area contributed by atoms with E-state index in [0.717, 1.165) is 0 Å². The number of amides is 1. The summed E-state index contributed by atoms with van der Waals surface area (Å²) in [5, 5.41) is 8.76. The van der Waals surface area contributed by atoms with Gasteiger partial charge in [0.1, 0.15) is 5.82 Å². The van der Waals surface area contributed by atoms with E-state index in [4.69, 9.17) is 5.26 Å². The maximum atomic E-state index is 13.4. The highest BCUT2D eigenvalue weighted by atomic mass is 79.9. The Morgan fingerprint density at radius 2 is 1.95 bits per heavy atom. The van der Waals surface area contributed by atoms with Crippen LogP contribution in [0.3, 0.4) is 0 Å². The molecule has 1 amide bonds. The van der Waals surface area contributed by atoms with Crippen LogP contribution in [-0.2, 0) is 0 Å². The summed E-state index contributed by atoms with van der Waals surface area (Å²) in [5.74, 6) is -0.822. The molecule has 2 aromatic rings. The molecular formula is C16H12BrFN2O. The number of nitrogens with zero attached hydrogens (tertiary/aromatic N) is 2. The third kappa shape index (κ3) is 3.67. The van der Waals surface area contributed by atoms with Crippen LogP contribution < -0.4 is 4.90 Å². The van der Waals surface area contributed by atoms with Gasteiger partial charge < -0.3 is 4.90 Å². The molecule has 0 saturated carbocycles. The molecule has 0 spiro atoms. The van der Waals surface area contributed by atoms with Gasteiger partial charge in [0.2, 0.25) is 0 Å². The Hall–Kier alpha value is -2.19. The van der Waals surface area contributed by atoms with Gasteiger partial charge in [-0.15, -0.1) is 0 Å². The number of carbonyl (C=O) groups excluding carboxylic acids is 1. The van der Waals surface area contributed by atoms with Gasteiger partial charge in [0.25, 0.3) is 5.91 Å². The Bertz CT molecular complexity index is 682. The van der Waals surface area contributed by atoms with Crippen LogP contribution in [0, 0.1) is 17.1 Å². The Morgan fingerprint density at radius 3 is 2.62 bits per heavy atom. The van der Waals surface area contributed by atoms with E-state index in [-0.39, 0.29) is 24.4 Å². The summed E-state index contributed by atoms with van der Waals surface area (Å²) in [5.41, 5.74) is 0.908. The minimum atomic E-state index is -0.477. The Morgan fingerprint density at radius 1 is 1.24 bits per heavy atom. The van der Waals surface area contributed by atoms with Crippen molar-refractivity contribution in [3.05, 3.63) is 64.4 Å². The molecule has 0 N–H and O–H groups in total. The molecule has 3 nitrogen and oxygen atoms in total. The van der Waals surface area contributed by atoms with Crippen LogP contribution in [-0.4, -0.2) is 12.5 Å². The van der Waals surface area contributed by atoms with E-state index in [2.05, 4.69) is 15.9 Å². The van der Waals surface area contributed by atoms with Gasteiger partial charge in [-0.05, 0) is 46.3 Å². The third-order valence-corrected chi connectivity index (χ3v) is 3.61. The van der Waals surface area contributed by atoms with Crippen molar-refractivity contribution in [3.8, 4) is 6.07 Å². The number of carbonyl (C=O) groups is 1. The van der Waals surface area contributed by atoms with E-state index in [1.54, 1.807) is 12.1 Å². The van der Waals surface area contributed by atoms with Crippen molar-refractivity contribution in [2.45, 2.75) is 6.42 Å².